The fourth-order valence-corrected chi connectivity index (χ4v) is 4.56. The molecule has 0 amide bonds. The predicted octanol–water partition coefficient (Wildman–Crippen LogP) is 1.98. The van der Waals surface area contributed by atoms with E-state index in [1.54, 1.807) is 0 Å². The van der Waals surface area contributed by atoms with Crippen LogP contribution in [0.15, 0.2) is 29.3 Å². The maximum atomic E-state index is 12.5. The van der Waals surface area contributed by atoms with E-state index in [1.165, 1.54) is 4.31 Å². The maximum absolute atomic E-state index is 12.5. The lowest BCUT2D eigenvalue weighted by Gasteiger charge is -2.36. The summed E-state index contributed by atoms with van der Waals surface area (Å²) in [5.74, 6) is 0.701. The number of nitrogens with one attached hydrogen (secondary N) is 1. The van der Waals surface area contributed by atoms with Gasteiger partial charge in [-0.1, -0.05) is 29.8 Å². The largest absolute Gasteiger partial charge is 0.386 e. The van der Waals surface area contributed by atoms with Crippen molar-refractivity contribution < 1.29 is 18.3 Å². The van der Waals surface area contributed by atoms with Crippen molar-refractivity contribution in [1.82, 2.24) is 14.5 Å². The van der Waals surface area contributed by atoms with Gasteiger partial charge in [0, 0.05) is 32.7 Å². The van der Waals surface area contributed by atoms with E-state index in [9.17, 15) is 13.5 Å². The molecule has 2 N–H and O–H groups in total. The van der Waals surface area contributed by atoms with E-state index in [0.29, 0.717) is 38.7 Å². The summed E-state index contributed by atoms with van der Waals surface area (Å²) in [6.07, 6.45) is -0.660. The minimum absolute atomic E-state index is 0. The summed E-state index contributed by atoms with van der Waals surface area (Å²) < 4.78 is 31.9. The zero-order chi connectivity index (χ0) is 22.1. The van der Waals surface area contributed by atoms with Gasteiger partial charge in [-0.2, -0.15) is 4.31 Å². The molecule has 1 aliphatic rings. The van der Waals surface area contributed by atoms with Crippen LogP contribution in [-0.2, 0) is 14.8 Å². The van der Waals surface area contributed by atoms with Crippen LogP contribution in [0.3, 0.4) is 0 Å². The van der Waals surface area contributed by atoms with Gasteiger partial charge in [-0.3, -0.25) is 4.99 Å². The van der Waals surface area contributed by atoms with E-state index in [0.717, 1.165) is 11.1 Å². The third-order valence-corrected chi connectivity index (χ3v) is 6.73. The number of halogens is 1. The Morgan fingerprint density at radius 3 is 2.52 bits per heavy atom. The SMILES string of the molecule is CCNC(=NCC(O)c1cccc(C)c1)N1CCN(S(=O)(=O)CCOC(C)C)CC1.I. The van der Waals surface area contributed by atoms with Crippen LogP contribution in [0.5, 0.6) is 0 Å². The number of aliphatic hydroxyl groups excluding tert-OH is 1. The Bertz CT molecular complexity index is 796. The van der Waals surface area contributed by atoms with Crippen molar-refractivity contribution in [3.8, 4) is 0 Å². The van der Waals surface area contributed by atoms with Gasteiger partial charge in [0.2, 0.25) is 10.0 Å². The smallest absolute Gasteiger partial charge is 0.216 e. The molecule has 10 heteroatoms. The zero-order valence-corrected chi connectivity index (χ0v) is 22.1. The van der Waals surface area contributed by atoms with Crippen molar-refractivity contribution in [1.29, 1.82) is 0 Å². The van der Waals surface area contributed by atoms with Gasteiger partial charge in [-0.25, -0.2) is 8.42 Å². The average Bonchev–Trinajstić information content (AvgIpc) is 2.70. The third-order valence-electron chi connectivity index (χ3n) is 4.90. The topological polar surface area (TPSA) is 94.5 Å². The van der Waals surface area contributed by atoms with Crippen LogP contribution >= 0.6 is 24.0 Å². The van der Waals surface area contributed by atoms with Crippen molar-refractivity contribution in [3.63, 3.8) is 0 Å². The van der Waals surface area contributed by atoms with Gasteiger partial charge in [-0.15, -0.1) is 24.0 Å². The molecule has 0 bridgehead atoms. The Balaban J connectivity index is 0.00000480. The summed E-state index contributed by atoms with van der Waals surface area (Å²) in [5, 5.41) is 13.7. The molecule has 0 aliphatic carbocycles. The van der Waals surface area contributed by atoms with E-state index in [1.807, 2.05) is 56.9 Å². The molecule has 0 saturated carbocycles. The second-order valence-corrected chi connectivity index (χ2v) is 9.83. The number of aliphatic hydroxyl groups is 1. The van der Waals surface area contributed by atoms with Gasteiger partial charge in [-0.05, 0) is 33.3 Å². The molecule has 1 saturated heterocycles. The highest BCUT2D eigenvalue weighted by molar-refractivity contribution is 14.0. The van der Waals surface area contributed by atoms with E-state index >= 15 is 0 Å². The number of piperazine rings is 1. The summed E-state index contributed by atoms with van der Waals surface area (Å²) in [7, 11) is -3.32. The summed E-state index contributed by atoms with van der Waals surface area (Å²) >= 11 is 0. The van der Waals surface area contributed by atoms with E-state index in [2.05, 4.69) is 10.3 Å². The first-order chi connectivity index (χ1) is 14.2. The van der Waals surface area contributed by atoms with Crippen LogP contribution in [0.2, 0.25) is 0 Å². The molecule has 2 rings (SSSR count). The number of hydrogen-bond acceptors (Lipinski definition) is 5. The number of guanidine groups is 1. The Hall–Kier alpha value is -0.950. The number of rotatable bonds is 9. The first-order valence-corrected chi connectivity index (χ1v) is 12.2. The van der Waals surface area contributed by atoms with Gasteiger partial charge in [0.15, 0.2) is 5.96 Å². The maximum Gasteiger partial charge on any atom is 0.216 e. The quantitative estimate of drug-likeness (QED) is 0.269. The van der Waals surface area contributed by atoms with Crippen LogP contribution in [0, 0.1) is 6.92 Å². The highest BCUT2D eigenvalue weighted by Gasteiger charge is 2.28. The first-order valence-electron chi connectivity index (χ1n) is 10.6. The van der Waals surface area contributed by atoms with Gasteiger partial charge >= 0.3 is 0 Å². The van der Waals surface area contributed by atoms with Crippen molar-refractivity contribution >= 4 is 40.0 Å². The fraction of sp³-hybridized carbons (Fsp3) is 0.667. The molecule has 1 aliphatic heterocycles. The van der Waals surface area contributed by atoms with Gasteiger partial charge in [0.1, 0.15) is 0 Å². The highest BCUT2D eigenvalue weighted by Crippen LogP contribution is 2.15. The molecule has 8 nitrogen and oxygen atoms in total. The summed E-state index contributed by atoms with van der Waals surface area (Å²) in [6, 6.07) is 7.77. The molecular weight excluding hydrogens is 531 g/mol. The van der Waals surface area contributed by atoms with Gasteiger partial charge in [0.25, 0.3) is 0 Å². The molecule has 178 valence electrons. The Labute approximate surface area is 204 Å². The molecule has 1 aromatic carbocycles. The number of benzene rings is 1. The molecule has 1 heterocycles. The molecule has 1 atom stereocenters. The van der Waals surface area contributed by atoms with Crippen LogP contribution in [0.4, 0.5) is 0 Å². The lowest BCUT2D eigenvalue weighted by Crippen LogP contribution is -2.54. The minimum Gasteiger partial charge on any atom is -0.386 e. The number of aryl methyl sites for hydroxylation is 1. The summed E-state index contributed by atoms with van der Waals surface area (Å²) in [4.78, 5) is 6.64. The predicted molar refractivity (Wildman–Crippen MR) is 136 cm³/mol. The normalized spacial score (nSPS) is 16.8. The second-order valence-electron chi connectivity index (χ2n) is 7.75. The van der Waals surface area contributed by atoms with Crippen LogP contribution in [0.25, 0.3) is 0 Å². The molecule has 1 fully saturated rings. The van der Waals surface area contributed by atoms with E-state index < -0.39 is 16.1 Å². The molecule has 0 radical (unpaired) electrons. The first kappa shape index (κ1) is 28.1. The average molecular weight is 569 g/mol. The van der Waals surface area contributed by atoms with E-state index in [-0.39, 0.29) is 49.0 Å². The number of sulfonamides is 1. The number of hydrogen-bond donors (Lipinski definition) is 2. The molecule has 1 aromatic rings. The number of nitrogens with zero attached hydrogens (tertiary/aromatic N) is 3. The standard InChI is InChI=1S/C21H36N4O4S.HI/c1-5-22-21(23-16-20(26)19-8-6-7-18(4)15-19)24-9-11-25(12-10-24)30(27,28)14-13-29-17(2)3;/h6-8,15,17,20,26H,5,9-14,16H2,1-4H3,(H,22,23);1H. The molecule has 31 heavy (non-hydrogen) atoms. The van der Waals surface area contributed by atoms with Crippen molar-refractivity contribution in [2.45, 2.75) is 39.9 Å². The van der Waals surface area contributed by atoms with Gasteiger partial charge in [0.05, 0.1) is 31.1 Å². The molecular formula is C21H37IN4O4S. The van der Waals surface area contributed by atoms with Crippen LogP contribution in [0.1, 0.15) is 38.0 Å². The fourth-order valence-electron chi connectivity index (χ4n) is 3.28. The summed E-state index contributed by atoms with van der Waals surface area (Å²) in [6.45, 7) is 10.8. The Morgan fingerprint density at radius 2 is 1.94 bits per heavy atom. The Morgan fingerprint density at radius 1 is 1.26 bits per heavy atom. The van der Waals surface area contributed by atoms with E-state index in [4.69, 9.17) is 4.74 Å². The molecule has 0 spiro atoms. The number of aliphatic imine (C=N–C) groups is 1. The van der Waals surface area contributed by atoms with Gasteiger partial charge < -0.3 is 20.1 Å². The third kappa shape index (κ3) is 9.21. The van der Waals surface area contributed by atoms with Crippen molar-refractivity contribution in [2.75, 3.05) is 51.6 Å². The van der Waals surface area contributed by atoms with Crippen LogP contribution < -0.4 is 5.32 Å². The number of ether oxygens (including phenoxy) is 1. The van der Waals surface area contributed by atoms with Crippen molar-refractivity contribution in [3.05, 3.63) is 35.4 Å². The second kappa shape index (κ2) is 13.6. The molecule has 0 aromatic heterocycles. The minimum atomic E-state index is -3.32. The summed E-state index contributed by atoms with van der Waals surface area (Å²) in [5.41, 5.74) is 1.94. The Kier molecular flexibility index (Phi) is 12.3. The van der Waals surface area contributed by atoms with Crippen molar-refractivity contribution in [2.24, 2.45) is 4.99 Å². The van der Waals surface area contributed by atoms with Crippen LogP contribution in [-0.4, -0.2) is 86.4 Å². The lowest BCUT2D eigenvalue weighted by molar-refractivity contribution is 0.0904. The zero-order valence-electron chi connectivity index (χ0n) is 19.0. The lowest BCUT2D eigenvalue weighted by atomic mass is 10.1. The molecule has 1 unspecified atom stereocenters. The highest BCUT2D eigenvalue weighted by atomic mass is 127. The monoisotopic (exact) mass is 568 g/mol.